The first kappa shape index (κ1) is 14.7. The van der Waals surface area contributed by atoms with Gasteiger partial charge in [-0.05, 0) is 34.1 Å². The number of fused-ring (bicyclic) bond motifs is 1. The summed E-state index contributed by atoms with van der Waals surface area (Å²) in [6.45, 7) is 0.620. The maximum Gasteiger partial charge on any atom is 0.161 e. The van der Waals surface area contributed by atoms with E-state index in [1.165, 1.54) is 6.33 Å². The van der Waals surface area contributed by atoms with E-state index < -0.39 is 0 Å². The molecule has 0 fully saturated rings. The van der Waals surface area contributed by atoms with Gasteiger partial charge < -0.3 is 5.32 Å². The van der Waals surface area contributed by atoms with Gasteiger partial charge >= 0.3 is 0 Å². The van der Waals surface area contributed by atoms with Gasteiger partial charge in [0.1, 0.15) is 10.9 Å². The lowest BCUT2D eigenvalue weighted by Gasteiger charge is -2.10. The molecule has 0 bridgehead atoms. The Bertz CT molecular complexity index is 967. The Hall–Kier alpha value is -2.91. The van der Waals surface area contributed by atoms with Crippen molar-refractivity contribution in [1.82, 2.24) is 19.4 Å². The lowest BCUT2D eigenvalue weighted by atomic mass is 10.1. The van der Waals surface area contributed by atoms with Crippen molar-refractivity contribution >= 4 is 27.3 Å². The molecule has 4 rings (SSSR count). The molecule has 0 amide bonds. The van der Waals surface area contributed by atoms with Gasteiger partial charge in [0.05, 0.1) is 11.9 Å². The molecule has 0 aliphatic heterocycles. The lowest BCUT2D eigenvalue weighted by molar-refractivity contribution is 1.05. The van der Waals surface area contributed by atoms with Crippen LogP contribution in [-0.4, -0.2) is 19.4 Å². The van der Waals surface area contributed by atoms with Crippen molar-refractivity contribution in [1.29, 1.82) is 0 Å². The molecular formula is C18H12BrN5. The zero-order valence-corrected chi connectivity index (χ0v) is 14.2. The van der Waals surface area contributed by atoms with Crippen LogP contribution in [0.5, 0.6) is 0 Å². The maximum absolute atomic E-state index is 4.47. The summed E-state index contributed by atoms with van der Waals surface area (Å²) >= 11 is 3.54. The number of nitrogens with one attached hydrogen (secondary N) is 1. The molecule has 3 heterocycles. The number of imidazole rings is 1. The molecule has 4 aromatic rings. The third-order valence-corrected chi connectivity index (χ3v) is 4.20. The van der Waals surface area contributed by atoms with E-state index in [1.807, 2.05) is 28.8 Å². The Balaban J connectivity index is 1.76. The summed E-state index contributed by atoms with van der Waals surface area (Å²) in [7, 11) is 0. The molecule has 24 heavy (non-hydrogen) atoms. The fraction of sp³-hybridized carbons (Fsp3) is 0.0556. The first-order valence-electron chi connectivity index (χ1n) is 7.34. The zero-order valence-electron chi connectivity index (χ0n) is 12.6. The van der Waals surface area contributed by atoms with Gasteiger partial charge in [-0.1, -0.05) is 18.2 Å². The van der Waals surface area contributed by atoms with Crippen LogP contribution in [0.3, 0.4) is 0 Å². The molecule has 116 valence electrons. The second kappa shape index (κ2) is 6.30. The lowest BCUT2D eigenvalue weighted by Crippen LogP contribution is -2.03. The van der Waals surface area contributed by atoms with Gasteiger partial charge in [-0.3, -0.25) is 4.40 Å². The van der Waals surface area contributed by atoms with Crippen LogP contribution in [0.2, 0.25) is 0 Å². The quantitative estimate of drug-likeness (QED) is 0.588. The Labute approximate surface area is 147 Å². The van der Waals surface area contributed by atoms with Gasteiger partial charge in [0, 0.05) is 41.8 Å². The van der Waals surface area contributed by atoms with Crippen molar-refractivity contribution in [2.45, 2.75) is 6.54 Å². The van der Waals surface area contributed by atoms with Crippen molar-refractivity contribution in [3.05, 3.63) is 77.7 Å². The Morgan fingerprint density at radius 2 is 2.08 bits per heavy atom. The van der Waals surface area contributed by atoms with Crippen LogP contribution >= 0.6 is 15.9 Å². The molecule has 5 nitrogen and oxygen atoms in total. The van der Waals surface area contributed by atoms with Gasteiger partial charge in [-0.25, -0.2) is 15.0 Å². The summed E-state index contributed by atoms with van der Waals surface area (Å²) in [6, 6.07) is 14.0. The minimum absolute atomic E-state index is 0.620. The number of pyridine rings is 1. The first-order valence-corrected chi connectivity index (χ1v) is 8.14. The molecule has 0 saturated heterocycles. The van der Waals surface area contributed by atoms with E-state index in [0.717, 1.165) is 32.6 Å². The minimum Gasteiger partial charge on any atom is -0.378 e. The summed E-state index contributed by atoms with van der Waals surface area (Å²) in [5, 5.41) is 3.42. The molecule has 6 heteroatoms. The molecule has 0 atom stereocenters. The molecule has 3 aromatic heterocycles. The standard InChI is InChI=1S/C18H12BrN5/c19-17-10-23-18-16(22-9-13-7-20-12-21-8-13)6-15(11-24(17)18)14-4-2-1-3-5-14/h1-2,4,6-8,10-12,22H,9H2. The monoisotopic (exact) mass is 377 g/mol. The summed E-state index contributed by atoms with van der Waals surface area (Å²) in [4.78, 5) is 12.5. The van der Waals surface area contributed by atoms with E-state index in [0.29, 0.717) is 6.54 Å². The molecule has 0 aliphatic rings. The number of hydrogen-bond donors (Lipinski definition) is 1. The molecule has 0 aliphatic carbocycles. The average Bonchev–Trinajstić information content (AvgIpc) is 3.02. The highest BCUT2D eigenvalue weighted by atomic mass is 79.9. The first-order chi connectivity index (χ1) is 11.8. The maximum atomic E-state index is 4.47. The van der Waals surface area contributed by atoms with Crippen molar-refractivity contribution in [2.75, 3.05) is 5.32 Å². The summed E-state index contributed by atoms with van der Waals surface area (Å²) in [5.41, 5.74) is 4.80. The minimum atomic E-state index is 0.620. The highest BCUT2D eigenvalue weighted by molar-refractivity contribution is 9.10. The SMILES string of the molecule is Brc1cnc2c(NCc3cncnc3)cc(-c3c#cccc3)cn12. The van der Waals surface area contributed by atoms with Gasteiger partial charge in [-0.15, -0.1) is 0 Å². The van der Waals surface area contributed by atoms with E-state index >= 15 is 0 Å². The second-order valence-electron chi connectivity index (χ2n) is 5.23. The summed E-state index contributed by atoms with van der Waals surface area (Å²) in [6.07, 6.45) is 8.93. The van der Waals surface area contributed by atoms with Gasteiger partial charge in [0.15, 0.2) is 5.65 Å². The van der Waals surface area contributed by atoms with Crippen LogP contribution < -0.4 is 5.32 Å². The summed E-state index contributed by atoms with van der Waals surface area (Å²) < 4.78 is 2.89. The topological polar surface area (TPSA) is 55.1 Å². The number of halogens is 1. The number of nitrogens with zero attached hydrogens (tertiary/aromatic N) is 4. The van der Waals surface area contributed by atoms with Crippen LogP contribution in [0.25, 0.3) is 16.8 Å². The number of anilines is 1. The normalized spacial score (nSPS) is 10.5. The third-order valence-electron chi connectivity index (χ3n) is 3.62. The van der Waals surface area contributed by atoms with Gasteiger partial charge in [0.25, 0.3) is 0 Å². The molecule has 1 N–H and O–H groups in total. The van der Waals surface area contributed by atoms with Crippen LogP contribution in [0, 0.1) is 12.1 Å². The summed E-state index contributed by atoms with van der Waals surface area (Å²) in [5.74, 6) is 0. The molecule has 0 radical (unpaired) electrons. The van der Waals surface area contributed by atoms with Crippen molar-refractivity contribution in [3.63, 3.8) is 0 Å². The highest BCUT2D eigenvalue weighted by Crippen LogP contribution is 2.27. The van der Waals surface area contributed by atoms with E-state index in [4.69, 9.17) is 0 Å². The number of hydrogen-bond acceptors (Lipinski definition) is 4. The predicted octanol–water partition coefficient (Wildman–Crippen LogP) is 3.77. The second-order valence-corrected chi connectivity index (χ2v) is 6.04. The predicted molar refractivity (Wildman–Crippen MR) is 95.4 cm³/mol. The molecule has 0 unspecified atom stereocenters. The zero-order chi connectivity index (χ0) is 16.4. The van der Waals surface area contributed by atoms with Gasteiger partial charge in [0.2, 0.25) is 0 Å². The third kappa shape index (κ3) is 2.82. The van der Waals surface area contributed by atoms with Crippen LogP contribution in [0.1, 0.15) is 5.56 Å². The fourth-order valence-electron chi connectivity index (χ4n) is 2.48. The molecule has 0 saturated carbocycles. The fourth-order valence-corrected chi connectivity index (χ4v) is 2.85. The van der Waals surface area contributed by atoms with Crippen LogP contribution in [0.15, 0.2) is 60.0 Å². The van der Waals surface area contributed by atoms with Crippen molar-refractivity contribution in [3.8, 4) is 11.1 Å². The van der Waals surface area contributed by atoms with Crippen LogP contribution in [-0.2, 0) is 6.54 Å². The molecule has 1 aromatic carbocycles. The number of rotatable bonds is 4. The van der Waals surface area contributed by atoms with E-state index in [9.17, 15) is 0 Å². The average molecular weight is 378 g/mol. The largest absolute Gasteiger partial charge is 0.378 e. The highest BCUT2D eigenvalue weighted by Gasteiger charge is 2.10. The van der Waals surface area contributed by atoms with Crippen molar-refractivity contribution < 1.29 is 0 Å². The van der Waals surface area contributed by atoms with E-state index in [-0.39, 0.29) is 0 Å². The molecule has 0 spiro atoms. The number of aromatic nitrogens is 4. The smallest absolute Gasteiger partial charge is 0.161 e. The Morgan fingerprint density at radius 3 is 2.88 bits per heavy atom. The van der Waals surface area contributed by atoms with Crippen LogP contribution in [0.4, 0.5) is 5.69 Å². The van der Waals surface area contributed by atoms with E-state index in [1.54, 1.807) is 18.6 Å². The Kier molecular flexibility index (Phi) is 3.85. The van der Waals surface area contributed by atoms with E-state index in [2.05, 4.69) is 54.4 Å². The van der Waals surface area contributed by atoms with Gasteiger partial charge in [-0.2, -0.15) is 0 Å². The Morgan fingerprint density at radius 1 is 1.21 bits per heavy atom. The molecular weight excluding hydrogens is 366 g/mol. The van der Waals surface area contributed by atoms with Crippen molar-refractivity contribution in [2.24, 2.45) is 0 Å².